The van der Waals surface area contributed by atoms with Crippen LogP contribution in [-0.4, -0.2) is 4.98 Å². The second kappa shape index (κ2) is 6.70. The number of halogens is 4. The predicted molar refractivity (Wildman–Crippen MR) is 92.7 cm³/mol. The number of rotatable bonds is 2. The number of aromatic amines is 1. The Labute approximate surface area is 151 Å². The van der Waals surface area contributed by atoms with Crippen LogP contribution in [0.25, 0.3) is 22.4 Å². The number of pyridine rings is 1. The molecular formula is C19H10ClF3N2O. The fraction of sp³-hybridized carbons (Fsp3) is 0.0526. The summed E-state index contributed by atoms with van der Waals surface area (Å²) < 4.78 is 38.8. The van der Waals surface area contributed by atoms with Crippen LogP contribution in [0.1, 0.15) is 11.1 Å². The van der Waals surface area contributed by atoms with Gasteiger partial charge in [0.05, 0.1) is 5.56 Å². The smallest absolute Gasteiger partial charge is 0.321 e. The molecule has 130 valence electrons. The SMILES string of the molecule is N#Cc1c(-c2ccc(Cl)cc2)cc(-c2cccc(C(F)(F)F)c2)[nH]c1=O. The van der Waals surface area contributed by atoms with Crippen LogP contribution in [0.5, 0.6) is 0 Å². The first-order chi connectivity index (χ1) is 12.3. The lowest BCUT2D eigenvalue weighted by atomic mass is 9.98. The lowest BCUT2D eigenvalue weighted by Gasteiger charge is -2.11. The molecule has 1 aromatic heterocycles. The van der Waals surface area contributed by atoms with Gasteiger partial charge in [-0.15, -0.1) is 0 Å². The zero-order valence-electron chi connectivity index (χ0n) is 13.1. The first kappa shape index (κ1) is 17.8. The second-order valence-corrected chi connectivity index (χ2v) is 5.93. The van der Waals surface area contributed by atoms with E-state index in [9.17, 15) is 23.2 Å². The predicted octanol–water partition coefficient (Wildman–Crippen LogP) is 5.25. The van der Waals surface area contributed by atoms with Crippen LogP contribution < -0.4 is 5.56 Å². The lowest BCUT2D eigenvalue weighted by Crippen LogP contribution is -2.13. The van der Waals surface area contributed by atoms with Crippen molar-refractivity contribution in [1.29, 1.82) is 5.26 Å². The number of nitrogens with one attached hydrogen (secondary N) is 1. The molecule has 0 unspecified atom stereocenters. The van der Waals surface area contributed by atoms with Crippen molar-refractivity contribution >= 4 is 11.6 Å². The van der Waals surface area contributed by atoms with E-state index < -0.39 is 17.3 Å². The van der Waals surface area contributed by atoms with Crippen molar-refractivity contribution in [3.63, 3.8) is 0 Å². The minimum absolute atomic E-state index is 0.122. The highest BCUT2D eigenvalue weighted by Crippen LogP contribution is 2.33. The third-order valence-electron chi connectivity index (χ3n) is 3.80. The maximum Gasteiger partial charge on any atom is 0.416 e. The first-order valence-corrected chi connectivity index (χ1v) is 7.78. The van der Waals surface area contributed by atoms with Crippen LogP contribution in [-0.2, 0) is 6.18 Å². The number of hydrogen-bond acceptors (Lipinski definition) is 2. The molecule has 0 aliphatic rings. The van der Waals surface area contributed by atoms with E-state index in [0.717, 1.165) is 12.1 Å². The summed E-state index contributed by atoms with van der Waals surface area (Å²) in [7, 11) is 0. The van der Waals surface area contributed by atoms with Crippen molar-refractivity contribution < 1.29 is 13.2 Å². The van der Waals surface area contributed by atoms with Gasteiger partial charge in [-0.25, -0.2) is 0 Å². The zero-order chi connectivity index (χ0) is 18.9. The van der Waals surface area contributed by atoms with Crippen LogP contribution in [0, 0.1) is 11.3 Å². The van der Waals surface area contributed by atoms with E-state index in [0.29, 0.717) is 16.1 Å². The van der Waals surface area contributed by atoms with E-state index >= 15 is 0 Å². The Bertz CT molecular complexity index is 1060. The van der Waals surface area contributed by atoms with Gasteiger partial charge in [-0.1, -0.05) is 35.9 Å². The number of benzene rings is 2. The summed E-state index contributed by atoms with van der Waals surface area (Å²) >= 11 is 5.85. The minimum atomic E-state index is -4.50. The molecule has 3 nitrogen and oxygen atoms in total. The lowest BCUT2D eigenvalue weighted by molar-refractivity contribution is -0.137. The van der Waals surface area contributed by atoms with Gasteiger partial charge in [0.2, 0.25) is 0 Å². The van der Waals surface area contributed by atoms with Crippen molar-refractivity contribution in [3.8, 4) is 28.5 Å². The molecule has 0 aliphatic heterocycles. The summed E-state index contributed by atoms with van der Waals surface area (Å²) in [6.45, 7) is 0. The van der Waals surface area contributed by atoms with Crippen molar-refractivity contribution in [2.75, 3.05) is 0 Å². The maximum atomic E-state index is 12.9. The molecule has 0 saturated heterocycles. The Morgan fingerprint density at radius 1 is 1.00 bits per heavy atom. The molecule has 0 fully saturated rings. The van der Waals surface area contributed by atoms with Crippen LogP contribution in [0.15, 0.2) is 59.4 Å². The van der Waals surface area contributed by atoms with Gasteiger partial charge in [0, 0.05) is 16.3 Å². The Morgan fingerprint density at radius 2 is 1.69 bits per heavy atom. The molecule has 1 heterocycles. The normalized spacial score (nSPS) is 11.2. The standard InChI is InChI=1S/C19H10ClF3N2O/c20-14-6-4-11(5-7-14)15-9-17(25-18(26)16(15)10-24)12-2-1-3-13(8-12)19(21,22)23/h1-9H,(H,25,26). The van der Waals surface area contributed by atoms with Crippen LogP contribution in [0.2, 0.25) is 5.02 Å². The zero-order valence-corrected chi connectivity index (χ0v) is 13.8. The van der Waals surface area contributed by atoms with Crippen molar-refractivity contribution in [2.45, 2.75) is 6.18 Å². The van der Waals surface area contributed by atoms with Crippen LogP contribution in [0.3, 0.4) is 0 Å². The van der Waals surface area contributed by atoms with E-state index in [1.54, 1.807) is 24.3 Å². The van der Waals surface area contributed by atoms with E-state index in [4.69, 9.17) is 11.6 Å². The summed E-state index contributed by atoms with van der Waals surface area (Å²) in [6, 6.07) is 14.4. The third kappa shape index (κ3) is 3.48. The van der Waals surface area contributed by atoms with Gasteiger partial charge in [0.15, 0.2) is 0 Å². The number of nitriles is 1. The van der Waals surface area contributed by atoms with Crippen molar-refractivity contribution in [2.24, 2.45) is 0 Å². The Morgan fingerprint density at radius 3 is 2.31 bits per heavy atom. The molecule has 0 amide bonds. The Balaban J connectivity index is 2.21. The highest BCUT2D eigenvalue weighted by Gasteiger charge is 2.30. The summed E-state index contributed by atoms with van der Waals surface area (Å²) in [5.74, 6) is 0. The second-order valence-electron chi connectivity index (χ2n) is 5.50. The molecule has 0 saturated carbocycles. The molecule has 2 aromatic carbocycles. The number of H-pyrrole nitrogens is 1. The van der Waals surface area contributed by atoms with Gasteiger partial charge in [0.25, 0.3) is 5.56 Å². The topological polar surface area (TPSA) is 56.6 Å². The van der Waals surface area contributed by atoms with E-state index in [2.05, 4.69) is 4.98 Å². The van der Waals surface area contributed by atoms with Crippen molar-refractivity contribution in [3.05, 3.63) is 81.1 Å². The largest absolute Gasteiger partial charge is 0.416 e. The number of nitrogens with zero attached hydrogens (tertiary/aromatic N) is 1. The van der Waals surface area contributed by atoms with Gasteiger partial charge in [-0.3, -0.25) is 4.79 Å². The minimum Gasteiger partial charge on any atom is -0.321 e. The molecule has 0 atom stereocenters. The number of hydrogen-bond donors (Lipinski definition) is 1. The van der Waals surface area contributed by atoms with E-state index in [-0.39, 0.29) is 16.8 Å². The molecule has 1 N–H and O–H groups in total. The summed E-state index contributed by atoms with van der Waals surface area (Å²) in [5, 5.41) is 9.76. The first-order valence-electron chi connectivity index (χ1n) is 7.40. The van der Waals surface area contributed by atoms with Gasteiger partial charge in [-0.05, 0) is 41.5 Å². The van der Waals surface area contributed by atoms with Crippen molar-refractivity contribution in [1.82, 2.24) is 4.98 Å². The molecule has 3 rings (SSSR count). The monoisotopic (exact) mass is 374 g/mol. The molecule has 3 aromatic rings. The Kier molecular flexibility index (Phi) is 4.58. The van der Waals surface area contributed by atoms with Gasteiger partial charge < -0.3 is 4.98 Å². The van der Waals surface area contributed by atoms with Crippen LogP contribution in [0.4, 0.5) is 13.2 Å². The fourth-order valence-corrected chi connectivity index (χ4v) is 2.67. The molecule has 26 heavy (non-hydrogen) atoms. The number of alkyl halides is 3. The summed E-state index contributed by atoms with van der Waals surface area (Å²) in [5.41, 5.74) is -0.365. The average Bonchev–Trinajstić information content (AvgIpc) is 2.61. The molecular weight excluding hydrogens is 365 g/mol. The van der Waals surface area contributed by atoms with Gasteiger partial charge in [0.1, 0.15) is 11.6 Å². The summed E-state index contributed by atoms with van der Waals surface area (Å²) in [6.07, 6.45) is -4.50. The van der Waals surface area contributed by atoms with Crippen LogP contribution >= 0.6 is 11.6 Å². The highest BCUT2D eigenvalue weighted by molar-refractivity contribution is 6.30. The fourth-order valence-electron chi connectivity index (χ4n) is 2.55. The molecule has 0 aliphatic carbocycles. The molecule has 7 heteroatoms. The molecule has 0 bridgehead atoms. The van der Waals surface area contributed by atoms with Gasteiger partial charge in [-0.2, -0.15) is 18.4 Å². The molecule has 0 spiro atoms. The third-order valence-corrected chi connectivity index (χ3v) is 4.05. The van der Waals surface area contributed by atoms with Gasteiger partial charge >= 0.3 is 6.18 Å². The quantitative estimate of drug-likeness (QED) is 0.665. The Hall–Kier alpha value is -3.04. The number of aromatic nitrogens is 1. The highest BCUT2D eigenvalue weighted by atomic mass is 35.5. The summed E-state index contributed by atoms with van der Waals surface area (Å²) in [4.78, 5) is 14.7. The molecule has 0 radical (unpaired) electrons. The average molecular weight is 375 g/mol. The van der Waals surface area contributed by atoms with E-state index in [1.807, 2.05) is 6.07 Å². The van der Waals surface area contributed by atoms with E-state index in [1.165, 1.54) is 18.2 Å². The maximum absolute atomic E-state index is 12.9.